The smallest absolute Gasteiger partial charge is 0.416 e. The SMILES string of the molecule is O=C(NCc1cc(C(F)(F)F)cc(C(F)(F)F)c1)[C@]1(C/C=C/c2ccccc2)N=C(c2ccc(OCCCO)cc2)O[C@@H]1c1ccccc1. The second-order valence-corrected chi connectivity index (χ2v) is 11.3. The van der Waals surface area contributed by atoms with Crippen molar-refractivity contribution in [2.75, 3.05) is 13.2 Å². The Morgan fingerprint density at radius 2 is 1.49 bits per heavy atom. The van der Waals surface area contributed by atoms with E-state index in [1.54, 1.807) is 66.7 Å². The third-order valence-corrected chi connectivity index (χ3v) is 7.77. The molecule has 0 fully saturated rings. The summed E-state index contributed by atoms with van der Waals surface area (Å²) in [5, 5.41) is 11.6. The van der Waals surface area contributed by atoms with Crippen LogP contribution >= 0.6 is 0 Å². The molecule has 0 saturated heterocycles. The van der Waals surface area contributed by atoms with E-state index in [4.69, 9.17) is 19.6 Å². The fraction of sp³-hybridized carbons (Fsp3) is 0.243. The van der Waals surface area contributed by atoms with E-state index >= 15 is 0 Å². The summed E-state index contributed by atoms with van der Waals surface area (Å²) < 4.78 is 93.3. The quantitative estimate of drug-likeness (QED) is 0.117. The van der Waals surface area contributed by atoms with Crippen molar-refractivity contribution >= 4 is 17.9 Å². The van der Waals surface area contributed by atoms with Crippen LogP contribution in [0.1, 0.15) is 52.3 Å². The fourth-order valence-corrected chi connectivity index (χ4v) is 5.34. The van der Waals surface area contributed by atoms with Crippen molar-refractivity contribution in [1.29, 1.82) is 0 Å². The van der Waals surface area contributed by atoms with Gasteiger partial charge in [-0.05, 0) is 59.2 Å². The Morgan fingerprint density at radius 1 is 0.878 bits per heavy atom. The lowest BCUT2D eigenvalue weighted by atomic mass is 9.84. The molecular formula is C37H32F6N2O4. The molecule has 5 rings (SSSR count). The summed E-state index contributed by atoms with van der Waals surface area (Å²) in [6.07, 6.45) is -7.18. The Labute approximate surface area is 278 Å². The number of hydrogen-bond donors (Lipinski definition) is 2. The van der Waals surface area contributed by atoms with Gasteiger partial charge in [-0.15, -0.1) is 0 Å². The highest BCUT2D eigenvalue weighted by molar-refractivity contribution is 6.01. The highest BCUT2D eigenvalue weighted by Gasteiger charge is 2.52. The Hall–Kier alpha value is -5.10. The van der Waals surface area contributed by atoms with Crippen LogP contribution in [0.2, 0.25) is 0 Å². The number of nitrogens with one attached hydrogen (secondary N) is 1. The maximum absolute atomic E-state index is 14.3. The minimum Gasteiger partial charge on any atom is -0.494 e. The third-order valence-electron chi connectivity index (χ3n) is 7.77. The van der Waals surface area contributed by atoms with Crippen LogP contribution in [0.25, 0.3) is 6.08 Å². The molecule has 0 saturated carbocycles. The molecule has 2 N–H and O–H groups in total. The van der Waals surface area contributed by atoms with Crippen molar-refractivity contribution in [3.63, 3.8) is 0 Å². The molecule has 12 heteroatoms. The number of aliphatic imine (C=N–C) groups is 1. The summed E-state index contributed by atoms with van der Waals surface area (Å²) in [6, 6.07) is 25.9. The zero-order valence-electron chi connectivity index (χ0n) is 26.0. The topological polar surface area (TPSA) is 80.2 Å². The average Bonchev–Trinajstić information content (AvgIpc) is 3.48. The molecule has 0 bridgehead atoms. The van der Waals surface area contributed by atoms with Gasteiger partial charge in [-0.25, -0.2) is 4.99 Å². The first-order valence-corrected chi connectivity index (χ1v) is 15.3. The number of hydrogen-bond acceptors (Lipinski definition) is 5. The van der Waals surface area contributed by atoms with E-state index in [-0.39, 0.29) is 30.6 Å². The van der Waals surface area contributed by atoms with Gasteiger partial charge in [0.25, 0.3) is 5.91 Å². The molecule has 1 aliphatic heterocycles. The lowest BCUT2D eigenvalue weighted by molar-refractivity contribution is -0.143. The summed E-state index contributed by atoms with van der Waals surface area (Å²) in [4.78, 5) is 19.1. The molecule has 0 aliphatic carbocycles. The Kier molecular flexibility index (Phi) is 10.8. The summed E-state index contributed by atoms with van der Waals surface area (Å²) in [7, 11) is 0. The standard InChI is InChI=1S/C37H32F6N2O4/c38-36(39,40)29-21-26(22-30(23-29)37(41,42)43)24-44-34(47)35(18-7-11-25-9-3-1-4-10-25)32(27-12-5-2-6-13-27)49-33(45-35)28-14-16-31(17-15-28)48-20-8-19-46/h1-7,9-17,21-23,32,46H,8,18-20,24H2,(H,44,47)/b11-7+/t32-,35-/m1/s1. The number of carbonyl (C=O) groups is 1. The first-order valence-electron chi connectivity index (χ1n) is 15.3. The molecule has 0 spiro atoms. The van der Waals surface area contributed by atoms with E-state index in [1.807, 2.05) is 30.3 Å². The zero-order chi connectivity index (χ0) is 35.1. The first kappa shape index (κ1) is 35.2. The average molecular weight is 683 g/mol. The van der Waals surface area contributed by atoms with Crippen LogP contribution in [0.3, 0.4) is 0 Å². The van der Waals surface area contributed by atoms with Gasteiger partial charge in [-0.2, -0.15) is 26.3 Å². The summed E-state index contributed by atoms with van der Waals surface area (Å²) >= 11 is 0. The predicted octanol–water partition coefficient (Wildman–Crippen LogP) is 8.16. The molecule has 256 valence electrons. The number of rotatable bonds is 12. The molecule has 0 aromatic heterocycles. The summed E-state index contributed by atoms with van der Waals surface area (Å²) in [5.41, 5.74) is -3.16. The molecule has 1 aliphatic rings. The van der Waals surface area contributed by atoms with Gasteiger partial charge >= 0.3 is 12.4 Å². The number of halogens is 6. The van der Waals surface area contributed by atoms with Crippen molar-refractivity contribution < 1.29 is 45.7 Å². The number of carbonyl (C=O) groups excluding carboxylic acids is 1. The zero-order valence-corrected chi connectivity index (χ0v) is 26.0. The second kappa shape index (κ2) is 15.0. The molecule has 4 aromatic carbocycles. The van der Waals surface area contributed by atoms with Crippen LogP contribution in [-0.4, -0.2) is 35.7 Å². The van der Waals surface area contributed by atoms with E-state index < -0.39 is 47.6 Å². The molecule has 1 heterocycles. The van der Waals surface area contributed by atoms with Crippen LogP contribution in [0, 0.1) is 0 Å². The van der Waals surface area contributed by atoms with Gasteiger partial charge in [-0.1, -0.05) is 72.8 Å². The van der Waals surface area contributed by atoms with Crippen LogP contribution in [0.4, 0.5) is 26.3 Å². The number of ether oxygens (including phenoxy) is 2. The Balaban J connectivity index is 1.54. The van der Waals surface area contributed by atoms with Gasteiger partial charge in [0.05, 0.1) is 17.7 Å². The Bertz CT molecular complexity index is 1740. The highest BCUT2D eigenvalue weighted by atomic mass is 19.4. The molecule has 0 radical (unpaired) electrons. The number of benzene rings is 4. The lowest BCUT2D eigenvalue weighted by Gasteiger charge is -2.30. The molecule has 6 nitrogen and oxygen atoms in total. The van der Waals surface area contributed by atoms with Crippen LogP contribution in [-0.2, 0) is 28.4 Å². The van der Waals surface area contributed by atoms with Crippen LogP contribution in [0.15, 0.2) is 114 Å². The van der Waals surface area contributed by atoms with Gasteiger partial charge in [0.15, 0.2) is 11.6 Å². The molecule has 2 atom stereocenters. The van der Waals surface area contributed by atoms with Crippen molar-refractivity contribution in [2.45, 2.75) is 43.4 Å². The number of aliphatic hydroxyl groups is 1. The largest absolute Gasteiger partial charge is 0.494 e. The van der Waals surface area contributed by atoms with Crippen LogP contribution < -0.4 is 10.1 Å². The first-order chi connectivity index (χ1) is 23.4. The maximum atomic E-state index is 14.3. The minimum atomic E-state index is -5.04. The minimum absolute atomic E-state index is 0.0241. The van der Waals surface area contributed by atoms with Crippen molar-refractivity contribution in [3.8, 4) is 5.75 Å². The molecular weight excluding hydrogens is 650 g/mol. The van der Waals surface area contributed by atoms with Gasteiger partial charge < -0.3 is 19.9 Å². The maximum Gasteiger partial charge on any atom is 0.416 e. The number of amides is 1. The van der Waals surface area contributed by atoms with E-state index in [0.717, 1.165) is 5.56 Å². The van der Waals surface area contributed by atoms with Gasteiger partial charge in [0.1, 0.15) is 5.75 Å². The van der Waals surface area contributed by atoms with Crippen molar-refractivity contribution in [3.05, 3.63) is 143 Å². The van der Waals surface area contributed by atoms with E-state index in [2.05, 4.69) is 5.32 Å². The number of alkyl halides is 6. The van der Waals surface area contributed by atoms with Crippen molar-refractivity contribution in [1.82, 2.24) is 5.32 Å². The second-order valence-electron chi connectivity index (χ2n) is 11.3. The fourth-order valence-electron chi connectivity index (χ4n) is 5.34. The van der Waals surface area contributed by atoms with Gasteiger partial charge in [0, 0.05) is 31.6 Å². The number of aliphatic hydroxyl groups excluding tert-OH is 1. The third kappa shape index (κ3) is 8.69. The van der Waals surface area contributed by atoms with E-state index in [1.165, 1.54) is 0 Å². The summed E-state index contributed by atoms with van der Waals surface area (Å²) in [6.45, 7) is -0.358. The van der Waals surface area contributed by atoms with Crippen molar-refractivity contribution in [2.24, 2.45) is 4.99 Å². The molecule has 0 unspecified atom stereocenters. The predicted molar refractivity (Wildman–Crippen MR) is 172 cm³/mol. The lowest BCUT2D eigenvalue weighted by Crippen LogP contribution is -2.47. The molecule has 4 aromatic rings. The molecule has 1 amide bonds. The summed E-state index contributed by atoms with van der Waals surface area (Å²) in [5.74, 6) is -0.119. The van der Waals surface area contributed by atoms with Crippen LogP contribution in [0.5, 0.6) is 5.75 Å². The van der Waals surface area contributed by atoms with Gasteiger partial charge in [-0.3, -0.25) is 4.79 Å². The van der Waals surface area contributed by atoms with E-state index in [0.29, 0.717) is 42.0 Å². The van der Waals surface area contributed by atoms with E-state index in [9.17, 15) is 31.1 Å². The number of nitrogens with zero attached hydrogens (tertiary/aromatic N) is 1. The highest BCUT2D eigenvalue weighted by Crippen LogP contribution is 2.43. The monoisotopic (exact) mass is 682 g/mol. The Morgan fingerprint density at radius 3 is 2.08 bits per heavy atom. The molecule has 49 heavy (non-hydrogen) atoms. The van der Waals surface area contributed by atoms with Gasteiger partial charge in [0.2, 0.25) is 5.90 Å². The normalized spacial score (nSPS) is 17.9.